The van der Waals surface area contributed by atoms with Crippen LogP contribution in [-0.4, -0.2) is 41.7 Å². The van der Waals surface area contributed by atoms with Gasteiger partial charge in [0.2, 0.25) is 5.91 Å². The SMILES string of the molecule is Cl.Cl.O=C(NCC(CO)Cc1ccccn1)C1CCCN1. The Morgan fingerprint density at radius 3 is 2.86 bits per heavy atom. The van der Waals surface area contributed by atoms with Crippen LogP contribution in [0.1, 0.15) is 18.5 Å². The molecule has 1 aromatic rings. The molecule has 2 heterocycles. The Balaban J connectivity index is 0.00000200. The van der Waals surface area contributed by atoms with Gasteiger partial charge in [0.1, 0.15) is 0 Å². The lowest BCUT2D eigenvalue weighted by Gasteiger charge is -2.16. The zero-order valence-corrected chi connectivity index (χ0v) is 13.5. The van der Waals surface area contributed by atoms with Gasteiger partial charge in [-0.1, -0.05) is 6.07 Å². The fraction of sp³-hybridized carbons (Fsp3) is 0.571. The quantitative estimate of drug-likeness (QED) is 0.723. The second kappa shape index (κ2) is 10.8. The number of nitrogens with zero attached hydrogens (tertiary/aromatic N) is 1. The Labute approximate surface area is 137 Å². The van der Waals surface area contributed by atoms with Gasteiger partial charge < -0.3 is 15.7 Å². The maximum Gasteiger partial charge on any atom is 0.237 e. The first kappa shape index (κ1) is 20.1. The van der Waals surface area contributed by atoms with Gasteiger partial charge in [0.15, 0.2) is 0 Å². The first-order valence-electron chi connectivity index (χ1n) is 6.81. The number of amides is 1. The number of aliphatic hydroxyl groups is 1. The van der Waals surface area contributed by atoms with E-state index < -0.39 is 0 Å². The van der Waals surface area contributed by atoms with Gasteiger partial charge in [-0.05, 0) is 37.9 Å². The minimum absolute atomic E-state index is 0. The van der Waals surface area contributed by atoms with Crippen molar-refractivity contribution in [3.8, 4) is 0 Å². The minimum Gasteiger partial charge on any atom is -0.396 e. The lowest BCUT2D eigenvalue weighted by Crippen LogP contribution is -2.43. The van der Waals surface area contributed by atoms with Crippen molar-refractivity contribution in [3.63, 3.8) is 0 Å². The lowest BCUT2D eigenvalue weighted by molar-refractivity contribution is -0.123. The van der Waals surface area contributed by atoms with Crippen LogP contribution in [0.5, 0.6) is 0 Å². The third-order valence-electron chi connectivity index (χ3n) is 3.42. The van der Waals surface area contributed by atoms with Crippen molar-refractivity contribution in [2.75, 3.05) is 19.7 Å². The van der Waals surface area contributed by atoms with Crippen molar-refractivity contribution in [3.05, 3.63) is 30.1 Å². The second-order valence-corrected chi connectivity index (χ2v) is 4.97. The fourth-order valence-electron chi connectivity index (χ4n) is 2.29. The lowest BCUT2D eigenvalue weighted by atomic mass is 10.0. The summed E-state index contributed by atoms with van der Waals surface area (Å²) in [5, 5.41) is 15.4. The average Bonchev–Trinajstić information content (AvgIpc) is 2.98. The van der Waals surface area contributed by atoms with Crippen molar-refractivity contribution in [2.45, 2.75) is 25.3 Å². The number of nitrogens with one attached hydrogen (secondary N) is 2. The smallest absolute Gasteiger partial charge is 0.237 e. The molecule has 1 aromatic heterocycles. The summed E-state index contributed by atoms with van der Waals surface area (Å²) in [4.78, 5) is 16.1. The highest BCUT2D eigenvalue weighted by Crippen LogP contribution is 2.07. The first-order chi connectivity index (χ1) is 9.29. The van der Waals surface area contributed by atoms with Crippen LogP contribution in [0.2, 0.25) is 0 Å². The van der Waals surface area contributed by atoms with Crippen LogP contribution in [0.15, 0.2) is 24.4 Å². The van der Waals surface area contributed by atoms with E-state index in [1.165, 1.54) is 0 Å². The van der Waals surface area contributed by atoms with Crippen molar-refractivity contribution in [1.82, 2.24) is 15.6 Å². The highest BCUT2D eigenvalue weighted by Gasteiger charge is 2.22. The predicted octanol–water partition coefficient (Wildman–Crippen LogP) is 0.944. The Morgan fingerprint density at radius 2 is 2.29 bits per heavy atom. The van der Waals surface area contributed by atoms with E-state index in [0.29, 0.717) is 13.0 Å². The number of hydrogen-bond donors (Lipinski definition) is 3. The van der Waals surface area contributed by atoms with E-state index in [-0.39, 0.29) is 49.3 Å². The van der Waals surface area contributed by atoms with Crippen LogP contribution in [-0.2, 0) is 11.2 Å². The number of pyridine rings is 1. The highest BCUT2D eigenvalue weighted by atomic mass is 35.5. The van der Waals surface area contributed by atoms with Crippen LogP contribution >= 0.6 is 24.8 Å². The second-order valence-electron chi connectivity index (χ2n) is 4.97. The molecule has 0 aliphatic carbocycles. The van der Waals surface area contributed by atoms with Gasteiger partial charge in [-0.2, -0.15) is 0 Å². The number of halogens is 2. The van der Waals surface area contributed by atoms with Gasteiger partial charge in [-0.25, -0.2) is 0 Å². The number of aliphatic hydroxyl groups excluding tert-OH is 1. The highest BCUT2D eigenvalue weighted by molar-refractivity contribution is 5.85. The van der Waals surface area contributed by atoms with Gasteiger partial charge in [-0.3, -0.25) is 9.78 Å². The van der Waals surface area contributed by atoms with E-state index >= 15 is 0 Å². The summed E-state index contributed by atoms with van der Waals surface area (Å²) in [6, 6.07) is 5.67. The molecule has 0 radical (unpaired) electrons. The average molecular weight is 336 g/mol. The zero-order chi connectivity index (χ0) is 13.5. The van der Waals surface area contributed by atoms with Crippen molar-refractivity contribution >= 4 is 30.7 Å². The molecule has 5 nitrogen and oxygen atoms in total. The van der Waals surface area contributed by atoms with E-state index in [4.69, 9.17) is 0 Å². The molecule has 1 fully saturated rings. The minimum atomic E-state index is -0.0609. The Bertz CT molecular complexity index is 400. The van der Waals surface area contributed by atoms with E-state index in [9.17, 15) is 9.90 Å². The van der Waals surface area contributed by atoms with Crippen LogP contribution in [0.3, 0.4) is 0 Å². The topological polar surface area (TPSA) is 74.2 Å². The number of hydrogen-bond acceptors (Lipinski definition) is 4. The van der Waals surface area contributed by atoms with Gasteiger partial charge in [0, 0.05) is 31.0 Å². The molecule has 1 amide bonds. The fourth-order valence-corrected chi connectivity index (χ4v) is 2.29. The molecule has 7 heteroatoms. The van der Waals surface area contributed by atoms with Crippen LogP contribution in [0.25, 0.3) is 0 Å². The molecule has 1 aliphatic rings. The molecule has 21 heavy (non-hydrogen) atoms. The standard InChI is InChI=1S/C14H21N3O2.2ClH/c18-10-11(8-12-4-1-2-6-15-12)9-17-14(19)13-5-3-7-16-13;;/h1-2,4,6,11,13,16,18H,3,5,7-10H2,(H,17,19);2*1H. The van der Waals surface area contributed by atoms with Crippen molar-refractivity contribution in [2.24, 2.45) is 5.92 Å². The Hall–Kier alpha value is -0.880. The molecule has 2 unspecified atom stereocenters. The molecule has 0 spiro atoms. The van der Waals surface area contributed by atoms with Crippen molar-refractivity contribution < 1.29 is 9.90 Å². The summed E-state index contributed by atoms with van der Waals surface area (Å²) in [5.41, 5.74) is 0.940. The van der Waals surface area contributed by atoms with Gasteiger partial charge in [0.05, 0.1) is 6.04 Å². The van der Waals surface area contributed by atoms with Crippen LogP contribution in [0, 0.1) is 5.92 Å². The van der Waals surface area contributed by atoms with Gasteiger partial charge >= 0.3 is 0 Å². The van der Waals surface area contributed by atoms with E-state index in [1.54, 1.807) is 6.20 Å². The third-order valence-corrected chi connectivity index (χ3v) is 3.42. The number of aromatic nitrogens is 1. The Morgan fingerprint density at radius 1 is 1.48 bits per heavy atom. The molecule has 3 N–H and O–H groups in total. The van der Waals surface area contributed by atoms with Crippen LogP contribution < -0.4 is 10.6 Å². The first-order valence-corrected chi connectivity index (χ1v) is 6.81. The summed E-state index contributed by atoms with van der Waals surface area (Å²) >= 11 is 0. The molecule has 0 saturated carbocycles. The summed E-state index contributed by atoms with van der Waals surface area (Å²) in [5.74, 6) is 0.0530. The zero-order valence-electron chi connectivity index (χ0n) is 11.8. The maximum atomic E-state index is 11.8. The molecule has 2 atom stereocenters. The number of carbonyl (C=O) groups is 1. The van der Waals surface area contributed by atoms with Gasteiger partial charge in [-0.15, -0.1) is 24.8 Å². The van der Waals surface area contributed by atoms with E-state index in [0.717, 1.165) is 25.1 Å². The normalized spacial score (nSPS) is 18.2. The molecule has 1 aliphatic heterocycles. The number of rotatable bonds is 6. The summed E-state index contributed by atoms with van der Waals surface area (Å²) in [6.07, 6.45) is 4.37. The van der Waals surface area contributed by atoms with E-state index in [1.807, 2.05) is 18.2 Å². The Kier molecular flexibility index (Phi) is 10.3. The molecule has 0 aromatic carbocycles. The molecule has 0 bridgehead atoms. The monoisotopic (exact) mass is 335 g/mol. The summed E-state index contributed by atoms with van der Waals surface area (Å²) < 4.78 is 0. The van der Waals surface area contributed by atoms with Crippen LogP contribution in [0.4, 0.5) is 0 Å². The largest absolute Gasteiger partial charge is 0.396 e. The molecule has 2 rings (SSSR count). The third kappa shape index (κ3) is 6.61. The summed E-state index contributed by atoms with van der Waals surface area (Å²) in [7, 11) is 0. The van der Waals surface area contributed by atoms with Crippen molar-refractivity contribution in [1.29, 1.82) is 0 Å². The maximum absolute atomic E-state index is 11.8. The predicted molar refractivity (Wildman–Crippen MR) is 87.0 cm³/mol. The van der Waals surface area contributed by atoms with E-state index in [2.05, 4.69) is 15.6 Å². The molecular weight excluding hydrogens is 313 g/mol. The molecule has 1 saturated heterocycles. The number of carbonyl (C=O) groups excluding carboxylic acids is 1. The summed E-state index contributed by atoms with van der Waals surface area (Å²) in [6.45, 7) is 1.45. The van der Waals surface area contributed by atoms with Gasteiger partial charge in [0.25, 0.3) is 0 Å². The molecular formula is C14H23Cl2N3O2. The molecule has 120 valence electrons.